The number of rotatable bonds is 5. The molecule has 0 atom stereocenters. The van der Waals surface area contributed by atoms with Gasteiger partial charge in [0.1, 0.15) is 0 Å². The summed E-state index contributed by atoms with van der Waals surface area (Å²) >= 11 is 0. The lowest BCUT2D eigenvalue weighted by Crippen LogP contribution is -2.40. The zero-order valence-corrected chi connectivity index (χ0v) is 16.6. The van der Waals surface area contributed by atoms with E-state index in [-0.39, 0.29) is 29.7 Å². The maximum absolute atomic E-state index is 12.7. The van der Waals surface area contributed by atoms with Crippen LogP contribution in [0.1, 0.15) is 29.6 Å². The lowest BCUT2D eigenvalue weighted by molar-refractivity contribution is -0.132. The van der Waals surface area contributed by atoms with Crippen molar-refractivity contribution in [2.75, 3.05) is 13.1 Å². The van der Waals surface area contributed by atoms with Crippen LogP contribution in [0.4, 0.5) is 0 Å². The molecule has 0 spiro atoms. The minimum absolute atomic E-state index is 0.0258. The fraction of sp³-hybridized carbons (Fsp3) is 0.348. The Kier molecular flexibility index (Phi) is 5.34. The Morgan fingerprint density at radius 2 is 1.55 bits per heavy atom. The summed E-state index contributed by atoms with van der Waals surface area (Å²) in [7, 11) is 1.75. The molecule has 2 aromatic carbocycles. The third-order valence-electron chi connectivity index (χ3n) is 5.88. The van der Waals surface area contributed by atoms with Crippen LogP contribution in [0.15, 0.2) is 59.4 Å². The van der Waals surface area contributed by atoms with Crippen molar-refractivity contribution in [1.82, 2.24) is 14.0 Å². The molecule has 6 heteroatoms. The number of ketones is 1. The van der Waals surface area contributed by atoms with Gasteiger partial charge < -0.3 is 4.90 Å². The minimum Gasteiger partial charge on any atom is -0.343 e. The first-order chi connectivity index (χ1) is 14.1. The first kappa shape index (κ1) is 19.2. The van der Waals surface area contributed by atoms with Crippen LogP contribution in [-0.2, 0) is 18.4 Å². The van der Waals surface area contributed by atoms with Gasteiger partial charge in [-0.25, -0.2) is 4.79 Å². The fourth-order valence-electron chi connectivity index (χ4n) is 4.17. The molecular weight excluding hydrogens is 366 g/mol. The van der Waals surface area contributed by atoms with E-state index in [4.69, 9.17) is 0 Å². The van der Waals surface area contributed by atoms with Gasteiger partial charge in [-0.2, -0.15) is 0 Å². The number of carbonyl (C=O) groups is 2. The van der Waals surface area contributed by atoms with Gasteiger partial charge in [0.25, 0.3) is 0 Å². The SMILES string of the molecule is Cn1c(=O)n(CCC(=O)N2CCC(C(=O)c3ccccc3)CC2)c2ccccc21. The molecule has 1 fully saturated rings. The van der Waals surface area contributed by atoms with Gasteiger partial charge >= 0.3 is 5.69 Å². The van der Waals surface area contributed by atoms with E-state index < -0.39 is 0 Å². The van der Waals surface area contributed by atoms with E-state index in [1.807, 2.05) is 59.5 Å². The molecule has 1 saturated heterocycles. The summed E-state index contributed by atoms with van der Waals surface area (Å²) in [4.78, 5) is 39.6. The molecule has 3 aromatic rings. The summed E-state index contributed by atoms with van der Waals surface area (Å²) in [6.07, 6.45) is 1.66. The number of carbonyl (C=O) groups excluding carboxylic acids is 2. The number of benzene rings is 2. The average molecular weight is 391 g/mol. The van der Waals surface area contributed by atoms with Crippen LogP contribution in [0.3, 0.4) is 0 Å². The molecule has 1 aromatic heterocycles. The van der Waals surface area contributed by atoms with Crippen molar-refractivity contribution in [3.8, 4) is 0 Å². The summed E-state index contributed by atoms with van der Waals surface area (Å²) in [6, 6.07) is 17.0. The van der Waals surface area contributed by atoms with Gasteiger partial charge in [0.2, 0.25) is 5.91 Å². The molecule has 0 saturated carbocycles. The molecule has 0 radical (unpaired) electrons. The Labute approximate surface area is 169 Å². The first-order valence-electron chi connectivity index (χ1n) is 10.1. The predicted molar refractivity (Wildman–Crippen MR) is 112 cm³/mol. The van der Waals surface area contributed by atoms with E-state index in [1.165, 1.54) is 0 Å². The second-order valence-corrected chi connectivity index (χ2v) is 7.62. The van der Waals surface area contributed by atoms with Gasteiger partial charge in [-0.3, -0.25) is 18.7 Å². The molecule has 0 unspecified atom stereocenters. The van der Waals surface area contributed by atoms with E-state index >= 15 is 0 Å². The van der Waals surface area contributed by atoms with Crippen LogP contribution < -0.4 is 5.69 Å². The molecule has 6 nitrogen and oxygen atoms in total. The Bertz CT molecular complexity index is 1090. The van der Waals surface area contributed by atoms with Crippen LogP contribution in [0, 0.1) is 5.92 Å². The molecule has 1 amide bonds. The molecule has 4 rings (SSSR count). The van der Waals surface area contributed by atoms with E-state index in [0.717, 1.165) is 16.6 Å². The number of Topliss-reactive ketones (excluding diaryl/α,β-unsaturated/α-hetero) is 1. The maximum atomic E-state index is 12.7. The predicted octanol–water partition coefficient (Wildman–Crippen LogP) is 2.85. The number of nitrogens with zero attached hydrogens (tertiary/aromatic N) is 3. The minimum atomic E-state index is -0.105. The van der Waals surface area contributed by atoms with Crippen molar-refractivity contribution in [2.45, 2.75) is 25.8 Å². The molecule has 1 aliphatic rings. The molecule has 0 aliphatic carbocycles. The molecule has 0 bridgehead atoms. The molecule has 1 aliphatic heterocycles. The summed E-state index contributed by atoms with van der Waals surface area (Å²) in [5, 5.41) is 0. The van der Waals surface area contributed by atoms with Crippen LogP contribution in [0.25, 0.3) is 11.0 Å². The van der Waals surface area contributed by atoms with Crippen molar-refractivity contribution in [1.29, 1.82) is 0 Å². The van der Waals surface area contributed by atoms with E-state index in [0.29, 0.717) is 32.5 Å². The molecule has 29 heavy (non-hydrogen) atoms. The number of aromatic nitrogens is 2. The van der Waals surface area contributed by atoms with Crippen LogP contribution >= 0.6 is 0 Å². The number of piperidine rings is 1. The topological polar surface area (TPSA) is 64.3 Å². The molecular formula is C23H25N3O3. The normalized spacial score (nSPS) is 15.0. The second-order valence-electron chi connectivity index (χ2n) is 7.62. The number of likely N-dealkylation sites (tertiary alicyclic amines) is 1. The van der Waals surface area contributed by atoms with Gasteiger partial charge in [-0.1, -0.05) is 42.5 Å². The smallest absolute Gasteiger partial charge is 0.328 e. The number of aryl methyl sites for hydroxylation is 2. The number of hydrogen-bond donors (Lipinski definition) is 0. The summed E-state index contributed by atoms with van der Waals surface area (Å²) in [5.74, 6) is 0.178. The highest BCUT2D eigenvalue weighted by Gasteiger charge is 2.27. The van der Waals surface area contributed by atoms with Crippen molar-refractivity contribution in [2.24, 2.45) is 13.0 Å². The fourth-order valence-corrected chi connectivity index (χ4v) is 4.17. The third kappa shape index (κ3) is 3.75. The van der Waals surface area contributed by atoms with Crippen LogP contribution in [0.5, 0.6) is 0 Å². The summed E-state index contributed by atoms with van der Waals surface area (Å²) in [6.45, 7) is 1.54. The van der Waals surface area contributed by atoms with Gasteiger partial charge in [0.05, 0.1) is 11.0 Å². The monoisotopic (exact) mass is 391 g/mol. The summed E-state index contributed by atoms with van der Waals surface area (Å²) in [5.41, 5.74) is 2.35. The van der Waals surface area contributed by atoms with Crippen molar-refractivity contribution < 1.29 is 9.59 Å². The average Bonchev–Trinajstić information content (AvgIpc) is 3.02. The Balaban J connectivity index is 1.36. The van der Waals surface area contributed by atoms with Gasteiger partial charge in [0, 0.05) is 44.6 Å². The number of fused-ring (bicyclic) bond motifs is 1. The highest BCUT2D eigenvalue weighted by Crippen LogP contribution is 2.22. The molecule has 0 N–H and O–H groups in total. The largest absolute Gasteiger partial charge is 0.343 e. The summed E-state index contributed by atoms with van der Waals surface area (Å²) < 4.78 is 3.28. The highest BCUT2D eigenvalue weighted by molar-refractivity contribution is 5.98. The Hall–Kier alpha value is -3.15. The van der Waals surface area contributed by atoms with Gasteiger partial charge in [0.15, 0.2) is 5.78 Å². The second kappa shape index (κ2) is 8.07. The maximum Gasteiger partial charge on any atom is 0.328 e. The first-order valence-corrected chi connectivity index (χ1v) is 10.1. The number of amides is 1. The van der Waals surface area contributed by atoms with E-state index in [2.05, 4.69) is 0 Å². The van der Waals surface area contributed by atoms with Crippen molar-refractivity contribution in [3.63, 3.8) is 0 Å². The van der Waals surface area contributed by atoms with Crippen LogP contribution in [-0.4, -0.2) is 38.8 Å². The Morgan fingerprint density at radius 3 is 2.24 bits per heavy atom. The number of hydrogen-bond acceptors (Lipinski definition) is 3. The lowest BCUT2D eigenvalue weighted by Gasteiger charge is -2.31. The standard InChI is InChI=1S/C23H25N3O3/c1-24-19-9-5-6-10-20(19)26(23(24)29)16-13-21(27)25-14-11-18(12-15-25)22(28)17-7-3-2-4-8-17/h2-10,18H,11-16H2,1H3. The van der Waals surface area contributed by atoms with E-state index in [1.54, 1.807) is 16.2 Å². The van der Waals surface area contributed by atoms with Gasteiger partial charge in [-0.05, 0) is 25.0 Å². The highest BCUT2D eigenvalue weighted by atomic mass is 16.2. The van der Waals surface area contributed by atoms with Gasteiger partial charge in [-0.15, -0.1) is 0 Å². The lowest BCUT2D eigenvalue weighted by atomic mass is 9.89. The Morgan fingerprint density at radius 1 is 0.931 bits per heavy atom. The molecule has 2 heterocycles. The molecule has 150 valence electrons. The van der Waals surface area contributed by atoms with Crippen molar-refractivity contribution in [3.05, 3.63) is 70.6 Å². The van der Waals surface area contributed by atoms with Crippen LogP contribution in [0.2, 0.25) is 0 Å². The number of imidazole rings is 1. The third-order valence-corrected chi connectivity index (χ3v) is 5.88. The quantitative estimate of drug-likeness (QED) is 0.628. The van der Waals surface area contributed by atoms with Crippen molar-refractivity contribution >= 4 is 22.7 Å². The number of para-hydroxylation sites is 2. The zero-order chi connectivity index (χ0) is 20.4. The zero-order valence-electron chi connectivity index (χ0n) is 16.6. The van der Waals surface area contributed by atoms with E-state index in [9.17, 15) is 14.4 Å².